The van der Waals surface area contributed by atoms with Gasteiger partial charge in [-0.15, -0.1) is 11.6 Å². The Morgan fingerprint density at radius 1 is 1.35 bits per heavy atom. The van der Waals surface area contributed by atoms with E-state index in [0.717, 1.165) is 30.2 Å². The van der Waals surface area contributed by atoms with Gasteiger partial charge in [-0.2, -0.15) is 0 Å². The average Bonchev–Trinajstić information content (AvgIpc) is 2.32. The lowest BCUT2D eigenvalue weighted by molar-refractivity contribution is 0.0928. The van der Waals surface area contributed by atoms with Crippen LogP contribution in [0.25, 0.3) is 0 Å². The van der Waals surface area contributed by atoms with Crippen LogP contribution in [-0.4, -0.2) is 17.3 Å². The Morgan fingerprint density at radius 3 is 2.82 bits per heavy atom. The average molecular weight is 317 g/mol. The van der Waals surface area contributed by atoms with Gasteiger partial charge in [-0.05, 0) is 31.0 Å². The summed E-state index contributed by atoms with van der Waals surface area (Å²) in [6.07, 6.45) is 4.28. The minimum atomic E-state index is -0.0381. The monoisotopic (exact) mass is 315 g/mol. The number of amides is 1. The lowest BCUT2D eigenvalue weighted by Gasteiger charge is -2.27. The Kier molecular flexibility index (Phi) is 4.46. The Hall–Kier alpha value is -0.540. The first-order valence-corrected chi connectivity index (χ1v) is 7.10. The van der Waals surface area contributed by atoms with E-state index < -0.39 is 0 Å². The quantitative estimate of drug-likeness (QED) is 0.828. The number of nitrogens with one attached hydrogen (secondary N) is 1. The topological polar surface area (TPSA) is 29.1 Å². The number of alkyl halides is 1. The molecule has 1 aromatic carbocycles. The number of carbonyl (C=O) groups is 1. The smallest absolute Gasteiger partial charge is 0.251 e. The zero-order chi connectivity index (χ0) is 12.3. The molecule has 0 heterocycles. The molecule has 1 fully saturated rings. The SMILES string of the molecule is O=C(NC1CCCCC1Cl)c1cccc(Br)c1. The molecular weight excluding hydrogens is 302 g/mol. The molecule has 2 nitrogen and oxygen atoms in total. The van der Waals surface area contributed by atoms with Crippen molar-refractivity contribution in [1.29, 1.82) is 0 Å². The minimum absolute atomic E-state index is 0.0381. The molecule has 2 rings (SSSR count). The Morgan fingerprint density at radius 2 is 2.12 bits per heavy atom. The molecule has 2 unspecified atom stereocenters. The summed E-state index contributed by atoms with van der Waals surface area (Å²) in [5.74, 6) is -0.0381. The summed E-state index contributed by atoms with van der Waals surface area (Å²) in [5.41, 5.74) is 0.675. The molecule has 1 N–H and O–H groups in total. The van der Waals surface area contributed by atoms with Crippen molar-refractivity contribution in [2.75, 3.05) is 0 Å². The van der Waals surface area contributed by atoms with E-state index in [2.05, 4.69) is 21.2 Å². The highest BCUT2D eigenvalue weighted by Crippen LogP contribution is 2.23. The normalized spacial score (nSPS) is 24.4. The first-order chi connectivity index (χ1) is 8.16. The fraction of sp³-hybridized carbons (Fsp3) is 0.462. The molecule has 0 radical (unpaired) electrons. The number of hydrogen-bond acceptors (Lipinski definition) is 1. The Balaban J connectivity index is 2.01. The molecule has 92 valence electrons. The van der Waals surface area contributed by atoms with Gasteiger partial charge in [0, 0.05) is 16.1 Å². The van der Waals surface area contributed by atoms with Gasteiger partial charge in [0.2, 0.25) is 0 Å². The molecular formula is C13H15BrClNO. The van der Waals surface area contributed by atoms with Crippen molar-refractivity contribution in [1.82, 2.24) is 5.32 Å². The summed E-state index contributed by atoms with van der Waals surface area (Å²) in [7, 11) is 0. The molecule has 0 aliphatic heterocycles. The van der Waals surface area contributed by atoms with Gasteiger partial charge in [0.1, 0.15) is 0 Å². The zero-order valence-electron chi connectivity index (χ0n) is 9.46. The van der Waals surface area contributed by atoms with Gasteiger partial charge in [0.05, 0.1) is 5.38 Å². The van der Waals surface area contributed by atoms with Crippen LogP contribution in [-0.2, 0) is 0 Å². The van der Waals surface area contributed by atoms with E-state index in [9.17, 15) is 4.79 Å². The van der Waals surface area contributed by atoms with Gasteiger partial charge < -0.3 is 5.32 Å². The number of hydrogen-bond donors (Lipinski definition) is 1. The summed E-state index contributed by atoms with van der Waals surface area (Å²) in [4.78, 5) is 12.0. The highest BCUT2D eigenvalue weighted by Gasteiger charge is 2.24. The molecule has 0 saturated heterocycles. The van der Waals surface area contributed by atoms with Crippen molar-refractivity contribution in [2.24, 2.45) is 0 Å². The lowest BCUT2D eigenvalue weighted by atomic mass is 9.94. The third-order valence-corrected chi connectivity index (χ3v) is 4.10. The molecule has 4 heteroatoms. The molecule has 0 aromatic heterocycles. The van der Waals surface area contributed by atoms with Crippen LogP contribution in [0.15, 0.2) is 28.7 Å². The molecule has 0 bridgehead atoms. The predicted molar refractivity (Wildman–Crippen MR) is 73.5 cm³/mol. The summed E-state index contributed by atoms with van der Waals surface area (Å²) < 4.78 is 0.913. The van der Waals surface area contributed by atoms with Crippen LogP contribution in [0.2, 0.25) is 0 Å². The van der Waals surface area contributed by atoms with Gasteiger partial charge in [-0.25, -0.2) is 0 Å². The van der Waals surface area contributed by atoms with Crippen LogP contribution in [0.4, 0.5) is 0 Å². The van der Waals surface area contributed by atoms with E-state index in [1.165, 1.54) is 0 Å². The second-order valence-corrected chi connectivity index (χ2v) is 5.87. The van der Waals surface area contributed by atoms with Crippen LogP contribution in [0.3, 0.4) is 0 Å². The van der Waals surface area contributed by atoms with Crippen LogP contribution in [0.1, 0.15) is 36.0 Å². The van der Waals surface area contributed by atoms with Crippen molar-refractivity contribution in [3.05, 3.63) is 34.3 Å². The molecule has 1 aromatic rings. The summed E-state index contributed by atoms with van der Waals surface area (Å²) in [6.45, 7) is 0. The maximum absolute atomic E-state index is 12.0. The van der Waals surface area contributed by atoms with E-state index in [4.69, 9.17) is 11.6 Å². The lowest BCUT2D eigenvalue weighted by Crippen LogP contribution is -2.42. The van der Waals surface area contributed by atoms with Gasteiger partial charge in [0.15, 0.2) is 0 Å². The van der Waals surface area contributed by atoms with Crippen molar-refractivity contribution in [3.63, 3.8) is 0 Å². The fourth-order valence-corrected chi connectivity index (χ4v) is 2.87. The molecule has 1 saturated carbocycles. The first-order valence-electron chi connectivity index (χ1n) is 5.87. The van der Waals surface area contributed by atoms with Crippen molar-refractivity contribution in [2.45, 2.75) is 37.1 Å². The molecule has 0 spiro atoms. The first kappa shape index (κ1) is 12.9. The number of carbonyl (C=O) groups excluding carboxylic acids is 1. The third-order valence-electron chi connectivity index (χ3n) is 3.08. The highest BCUT2D eigenvalue weighted by atomic mass is 79.9. The second-order valence-electron chi connectivity index (χ2n) is 4.39. The zero-order valence-corrected chi connectivity index (χ0v) is 11.8. The molecule has 1 aliphatic rings. The minimum Gasteiger partial charge on any atom is -0.348 e. The third kappa shape index (κ3) is 3.46. The largest absolute Gasteiger partial charge is 0.348 e. The molecule has 17 heavy (non-hydrogen) atoms. The second kappa shape index (κ2) is 5.87. The van der Waals surface area contributed by atoms with Crippen molar-refractivity contribution in [3.8, 4) is 0 Å². The summed E-state index contributed by atoms with van der Waals surface area (Å²) in [6, 6.07) is 7.50. The van der Waals surface area contributed by atoms with E-state index >= 15 is 0 Å². The number of benzene rings is 1. The molecule has 1 aliphatic carbocycles. The maximum atomic E-state index is 12.0. The van der Waals surface area contributed by atoms with Crippen molar-refractivity contribution >= 4 is 33.4 Å². The van der Waals surface area contributed by atoms with Crippen LogP contribution in [0, 0.1) is 0 Å². The number of halogens is 2. The van der Waals surface area contributed by atoms with E-state index in [1.54, 1.807) is 0 Å². The van der Waals surface area contributed by atoms with Gasteiger partial charge in [-0.3, -0.25) is 4.79 Å². The van der Waals surface area contributed by atoms with Gasteiger partial charge in [0.25, 0.3) is 5.91 Å². The van der Waals surface area contributed by atoms with Crippen LogP contribution >= 0.6 is 27.5 Å². The summed E-state index contributed by atoms with van der Waals surface area (Å²) in [5, 5.41) is 3.09. The Labute approximate surface area is 115 Å². The molecule has 1 amide bonds. The Bertz CT molecular complexity index is 410. The molecule has 2 atom stereocenters. The highest BCUT2D eigenvalue weighted by molar-refractivity contribution is 9.10. The predicted octanol–water partition coefficient (Wildman–Crippen LogP) is 3.73. The maximum Gasteiger partial charge on any atom is 0.251 e. The summed E-state index contributed by atoms with van der Waals surface area (Å²) >= 11 is 9.58. The van der Waals surface area contributed by atoms with Gasteiger partial charge in [-0.1, -0.05) is 34.8 Å². The van der Waals surface area contributed by atoms with Crippen LogP contribution < -0.4 is 5.32 Å². The van der Waals surface area contributed by atoms with Gasteiger partial charge >= 0.3 is 0 Å². The van der Waals surface area contributed by atoms with E-state index in [-0.39, 0.29) is 17.3 Å². The standard InChI is InChI=1S/C13H15BrClNO/c14-10-5-3-4-9(8-10)13(17)16-12-7-2-1-6-11(12)15/h3-5,8,11-12H,1-2,6-7H2,(H,16,17). The van der Waals surface area contributed by atoms with Crippen molar-refractivity contribution < 1.29 is 4.79 Å². The van der Waals surface area contributed by atoms with E-state index in [0.29, 0.717) is 5.56 Å². The fourth-order valence-electron chi connectivity index (χ4n) is 2.13. The van der Waals surface area contributed by atoms with Crippen LogP contribution in [0.5, 0.6) is 0 Å². The van der Waals surface area contributed by atoms with E-state index in [1.807, 2.05) is 24.3 Å². The number of rotatable bonds is 2.